The number of halogens is 4. The zero-order chi connectivity index (χ0) is 23.0. The summed E-state index contributed by atoms with van der Waals surface area (Å²) in [6, 6.07) is 5.24. The molecule has 1 saturated carbocycles. The molecule has 1 aromatic carbocycles. The third-order valence-electron chi connectivity index (χ3n) is 6.14. The molecule has 0 aliphatic heterocycles. The van der Waals surface area contributed by atoms with Crippen molar-refractivity contribution in [2.24, 2.45) is 11.3 Å². The Morgan fingerprint density at radius 3 is 2.45 bits per heavy atom. The number of benzene rings is 1. The van der Waals surface area contributed by atoms with E-state index in [1.54, 1.807) is 0 Å². The number of rotatable bonds is 7. The summed E-state index contributed by atoms with van der Waals surface area (Å²) in [5, 5.41) is 28.5. The van der Waals surface area contributed by atoms with Crippen molar-refractivity contribution < 1.29 is 37.7 Å². The number of aliphatic carboxylic acids is 1. The monoisotopic (exact) mass is 440 g/mol. The molecule has 0 spiro atoms. The highest BCUT2D eigenvalue weighted by Crippen LogP contribution is 2.64. The van der Waals surface area contributed by atoms with E-state index in [2.05, 4.69) is 6.58 Å². The molecule has 4 unspecified atom stereocenters. The van der Waals surface area contributed by atoms with Crippen LogP contribution < -0.4 is 0 Å². The average molecular weight is 440 g/mol. The second kappa shape index (κ2) is 8.59. The van der Waals surface area contributed by atoms with Crippen molar-refractivity contribution >= 4 is 11.5 Å². The SMILES string of the molecule is C=C1CC2(C(F)(F)F)CCC1C(c1ccc(F)cc1)=C2C=CC(O)CC(O)CC(=O)O. The Bertz CT molecular complexity index is 916. The second-order valence-electron chi connectivity index (χ2n) is 8.25. The fraction of sp³-hybridized carbons (Fsp3) is 0.435. The van der Waals surface area contributed by atoms with Gasteiger partial charge in [-0.3, -0.25) is 4.79 Å². The van der Waals surface area contributed by atoms with Gasteiger partial charge < -0.3 is 15.3 Å². The topological polar surface area (TPSA) is 77.8 Å². The highest BCUT2D eigenvalue weighted by Gasteiger charge is 2.62. The quantitative estimate of drug-likeness (QED) is 0.426. The number of hydrogen-bond donors (Lipinski definition) is 3. The fourth-order valence-electron chi connectivity index (χ4n) is 4.70. The molecule has 8 heteroatoms. The number of carboxylic acid groups (broad SMARTS) is 1. The van der Waals surface area contributed by atoms with Gasteiger partial charge in [-0.25, -0.2) is 4.39 Å². The number of aliphatic hydroxyl groups excluding tert-OH is 2. The number of carboxylic acids is 1. The smallest absolute Gasteiger partial charge is 0.398 e. The highest BCUT2D eigenvalue weighted by atomic mass is 19.4. The van der Waals surface area contributed by atoms with Crippen LogP contribution in [0.3, 0.4) is 0 Å². The Morgan fingerprint density at radius 1 is 1.26 bits per heavy atom. The lowest BCUT2D eigenvalue weighted by Gasteiger charge is -2.50. The summed E-state index contributed by atoms with van der Waals surface area (Å²) in [5.74, 6) is -2.07. The van der Waals surface area contributed by atoms with Crippen molar-refractivity contribution in [1.29, 1.82) is 0 Å². The minimum atomic E-state index is -4.57. The van der Waals surface area contributed by atoms with Crippen LogP contribution in [-0.4, -0.2) is 39.7 Å². The minimum absolute atomic E-state index is 0.00188. The van der Waals surface area contributed by atoms with Gasteiger partial charge in [0.2, 0.25) is 0 Å². The summed E-state index contributed by atoms with van der Waals surface area (Å²) in [4.78, 5) is 10.7. The third-order valence-corrected chi connectivity index (χ3v) is 6.14. The highest BCUT2D eigenvalue weighted by molar-refractivity contribution is 5.79. The molecule has 2 bridgehead atoms. The molecule has 3 N–H and O–H groups in total. The summed E-state index contributed by atoms with van der Waals surface area (Å²) in [6.07, 6.45) is -5.87. The van der Waals surface area contributed by atoms with Gasteiger partial charge in [-0.2, -0.15) is 13.2 Å². The zero-order valence-corrected chi connectivity index (χ0v) is 16.7. The summed E-state index contributed by atoms with van der Waals surface area (Å²) >= 11 is 0. The number of aliphatic hydroxyl groups is 2. The molecule has 4 nitrogen and oxygen atoms in total. The molecule has 0 radical (unpaired) electrons. The zero-order valence-electron chi connectivity index (χ0n) is 16.7. The molecular weight excluding hydrogens is 416 g/mol. The van der Waals surface area contributed by atoms with E-state index in [1.165, 1.54) is 30.3 Å². The van der Waals surface area contributed by atoms with Crippen LogP contribution in [0.25, 0.3) is 5.57 Å². The molecule has 0 amide bonds. The van der Waals surface area contributed by atoms with Crippen LogP contribution in [0.15, 0.2) is 54.1 Å². The second-order valence-corrected chi connectivity index (χ2v) is 8.25. The van der Waals surface area contributed by atoms with E-state index in [4.69, 9.17) is 5.11 Å². The molecule has 168 valence electrons. The fourth-order valence-corrected chi connectivity index (χ4v) is 4.70. The lowest BCUT2D eigenvalue weighted by atomic mass is 9.54. The molecule has 0 heterocycles. The van der Waals surface area contributed by atoms with Gasteiger partial charge in [0.05, 0.1) is 24.0 Å². The van der Waals surface area contributed by atoms with Crippen molar-refractivity contribution in [2.75, 3.05) is 0 Å². The first-order valence-corrected chi connectivity index (χ1v) is 9.95. The van der Waals surface area contributed by atoms with E-state index in [0.717, 1.165) is 6.08 Å². The van der Waals surface area contributed by atoms with Gasteiger partial charge in [0, 0.05) is 12.3 Å². The number of carbonyl (C=O) groups is 1. The van der Waals surface area contributed by atoms with Gasteiger partial charge >= 0.3 is 12.1 Å². The predicted molar refractivity (Wildman–Crippen MR) is 106 cm³/mol. The minimum Gasteiger partial charge on any atom is -0.481 e. The van der Waals surface area contributed by atoms with Crippen molar-refractivity contribution in [3.63, 3.8) is 0 Å². The van der Waals surface area contributed by atoms with Gasteiger partial charge in [0.15, 0.2) is 0 Å². The summed E-state index contributed by atoms with van der Waals surface area (Å²) < 4.78 is 56.4. The van der Waals surface area contributed by atoms with Crippen LogP contribution >= 0.6 is 0 Å². The molecule has 4 atom stereocenters. The Balaban J connectivity index is 2.06. The third kappa shape index (κ3) is 4.60. The van der Waals surface area contributed by atoms with E-state index in [1.807, 2.05) is 0 Å². The van der Waals surface area contributed by atoms with Gasteiger partial charge in [-0.05, 0) is 48.1 Å². The molecule has 3 aliphatic rings. The molecular formula is C23H24F4O4. The molecule has 1 fully saturated rings. The maximum atomic E-state index is 14.3. The number of alkyl halides is 3. The van der Waals surface area contributed by atoms with Crippen molar-refractivity contribution in [2.45, 2.75) is 50.5 Å². The van der Waals surface area contributed by atoms with E-state index >= 15 is 0 Å². The number of hydrogen-bond acceptors (Lipinski definition) is 3. The lowest BCUT2D eigenvalue weighted by Crippen LogP contribution is -2.47. The van der Waals surface area contributed by atoms with Crippen LogP contribution in [0.1, 0.15) is 37.7 Å². The normalized spacial score (nSPS) is 25.9. The largest absolute Gasteiger partial charge is 0.481 e. The van der Waals surface area contributed by atoms with Crippen LogP contribution in [0, 0.1) is 17.2 Å². The van der Waals surface area contributed by atoms with Crippen molar-refractivity contribution in [1.82, 2.24) is 0 Å². The van der Waals surface area contributed by atoms with Gasteiger partial charge in [-0.15, -0.1) is 0 Å². The van der Waals surface area contributed by atoms with Gasteiger partial charge in [0.1, 0.15) is 5.82 Å². The van der Waals surface area contributed by atoms with Gasteiger partial charge in [-0.1, -0.05) is 36.4 Å². The van der Waals surface area contributed by atoms with E-state index in [-0.39, 0.29) is 37.2 Å². The van der Waals surface area contributed by atoms with Crippen LogP contribution in [0.5, 0.6) is 0 Å². The average Bonchev–Trinajstić information content (AvgIpc) is 2.65. The standard InChI is InChI=1S/C23H24F4O4/c1-13-12-22(23(25,26)27)9-8-18(13)21(14-2-4-15(24)5-3-14)19(22)7-6-16(28)10-17(29)11-20(30)31/h2-7,16-18,28-29H,1,8-12H2,(H,30,31). The van der Waals surface area contributed by atoms with E-state index < -0.39 is 42.0 Å². The summed E-state index contributed by atoms with van der Waals surface area (Å²) in [7, 11) is 0. The van der Waals surface area contributed by atoms with Crippen molar-refractivity contribution in [3.05, 3.63) is 65.5 Å². The molecule has 0 aromatic heterocycles. The molecule has 3 aliphatic carbocycles. The summed E-state index contributed by atoms with van der Waals surface area (Å²) in [5.41, 5.74) is -0.826. The Kier molecular flexibility index (Phi) is 6.43. The Morgan fingerprint density at radius 2 is 1.90 bits per heavy atom. The summed E-state index contributed by atoms with van der Waals surface area (Å²) in [6.45, 7) is 3.87. The number of allylic oxidation sites excluding steroid dienone is 4. The molecule has 0 saturated heterocycles. The number of fused-ring (bicyclic) bond motifs is 2. The van der Waals surface area contributed by atoms with Crippen LogP contribution in [-0.2, 0) is 4.79 Å². The first-order chi connectivity index (χ1) is 14.4. The molecule has 31 heavy (non-hydrogen) atoms. The first kappa shape index (κ1) is 23.2. The van der Waals surface area contributed by atoms with Crippen molar-refractivity contribution in [3.8, 4) is 0 Å². The molecule has 4 rings (SSSR count). The van der Waals surface area contributed by atoms with Gasteiger partial charge in [0.25, 0.3) is 0 Å². The van der Waals surface area contributed by atoms with Crippen LogP contribution in [0.4, 0.5) is 17.6 Å². The molecule has 1 aromatic rings. The maximum absolute atomic E-state index is 14.3. The first-order valence-electron chi connectivity index (χ1n) is 9.95. The predicted octanol–water partition coefficient (Wildman–Crippen LogP) is 4.64. The van der Waals surface area contributed by atoms with Crippen LogP contribution in [0.2, 0.25) is 0 Å². The Labute approximate surface area is 177 Å². The maximum Gasteiger partial charge on any atom is 0.398 e. The lowest BCUT2D eigenvalue weighted by molar-refractivity contribution is -0.217. The van der Waals surface area contributed by atoms with E-state index in [0.29, 0.717) is 16.7 Å². The Hall–Kier alpha value is -2.45. The van der Waals surface area contributed by atoms with E-state index in [9.17, 15) is 32.6 Å².